The van der Waals surface area contributed by atoms with Gasteiger partial charge in [0.05, 0.1) is 12.8 Å². The zero-order chi connectivity index (χ0) is 9.42. The van der Waals surface area contributed by atoms with Gasteiger partial charge in [-0.15, -0.1) is 24.0 Å². The lowest BCUT2D eigenvalue weighted by molar-refractivity contribution is 0.408. The van der Waals surface area contributed by atoms with Crippen LogP contribution in [-0.4, -0.2) is 7.11 Å². The van der Waals surface area contributed by atoms with Gasteiger partial charge in [-0.1, -0.05) is 0 Å². The highest BCUT2D eigenvalue weighted by atomic mass is 32.1. The van der Waals surface area contributed by atoms with E-state index in [1.165, 1.54) is 0 Å². The molecule has 0 saturated carbocycles. The molecule has 68 valence electrons. The van der Waals surface area contributed by atoms with E-state index in [-0.39, 0.29) is 0 Å². The van der Waals surface area contributed by atoms with Crippen molar-refractivity contribution in [3.63, 3.8) is 0 Å². The molecule has 1 aromatic heterocycles. The predicted octanol–water partition coefficient (Wildman–Crippen LogP) is 2.78. The molecule has 0 atom stereocenters. The van der Waals surface area contributed by atoms with E-state index in [9.17, 15) is 0 Å². The number of hydrogen-bond acceptors (Lipinski definition) is 4. The molecule has 2 aromatic rings. The third-order valence-corrected chi connectivity index (χ3v) is 3.13. The molecule has 0 fully saturated rings. The van der Waals surface area contributed by atoms with Crippen LogP contribution < -0.4 is 10.5 Å². The Balaban J connectivity index is 2.85. The SMILES string of the molecule is COc1c(S)cc2sccc2c1N. The number of benzene rings is 1. The van der Waals surface area contributed by atoms with Crippen LogP contribution in [-0.2, 0) is 0 Å². The van der Waals surface area contributed by atoms with Gasteiger partial charge in [0.25, 0.3) is 0 Å². The quantitative estimate of drug-likeness (QED) is 0.562. The molecule has 4 heteroatoms. The van der Waals surface area contributed by atoms with Gasteiger partial charge in [-0.05, 0) is 17.5 Å². The fraction of sp³-hybridized carbons (Fsp3) is 0.111. The first-order valence-electron chi connectivity index (χ1n) is 3.76. The smallest absolute Gasteiger partial charge is 0.155 e. The normalized spacial score (nSPS) is 10.6. The third kappa shape index (κ3) is 1.26. The van der Waals surface area contributed by atoms with E-state index in [4.69, 9.17) is 10.5 Å². The first-order valence-corrected chi connectivity index (χ1v) is 5.09. The lowest BCUT2D eigenvalue weighted by Gasteiger charge is -2.07. The largest absolute Gasteiger partial charge is 0.493 e. The van der Waals surface area contributed by atoms with Gasteiger partial charge in [-0.2, -0.15) is 0 Å². The van der Waals surface area contributed by atoms with Crippen LogP contribution in [0.1, 0.15) is 0 Å². The highest BCUT2D eigenvalue weighted by Crippen LogP contribution is 2.38. The predicted molar refractivity (Wildman–Crippen MR) is 60.0 cm³/mol. The van der Waals surface area contributed by atoms with E-state index >= 15 is 0 Å². The van der Waals surface area contributed by atoms with Crippen molar-refractivity contribution >= 4 is 39.7 Å². The highest BCUT2D eigenvalue weighted by Gasteiger charge is 2.09. The summed E-state index contributed by atoms with van der Waals surface area (Å²) >= 11 is 5.95. The lowest BCUT2D eigenvalue weighted by Crippen LogP contribution is -1.93. The molecular weight excluding hydrogens is 202 g/mol. The molecule has 13 heavy (non-hydrogen) atoms. The zero-order valence-electron chi connectivity index (χ0n) is 7.07. The molecule has 0 saturated heterocycles. The fourth-order valence-electron chi connectivity index (χ4n) is 1.32. The van der Waals surface area contributed by atoms with Crippen LogP contribution >= 0.6 is 24.0 Å². The van der Waals surface area contributed by atoms with Crippen LogP contribution in [0.2, 0.25) is 0 Å². The Labute approximate surface area is 85.7 Å². The van der Waals surface area contributed by atoms with Crippen molar-refractivity contribution in [1.29, 1.82) is 0 Å². The fourth-order valence-corrected chi connectivity index (χ4v) is 2.59. The number of hydrogen-bond donors (Lipinski definition) is 2. The van der Waals surface area contributed by atoms with Crippen molar-refractivity contribution < 1.29 is 4.74 Å². The van der Waals surface area contributed by atoms with Crippen molar-refractivity contribution in [3.05, 3.63) is 17.5 Å². The van der Waals surface area contributed by atoms with Gasteiger partial charge >= 0.3 is 0 Å². The molecule has 2 nitrogen and oxygen atoms in total. The van der Waals surface area contributed by atoms with Gasteiger partial charge in [0.1, 0.15) is 0 Å². The van der Waals surface area contributed by atoms with E-state index in [2.05, 4.69) is 12.6 Å². The van der Waals surface area contributed by atoms with Crippen molar-refractivity contribution in [2.24, 2.45) is 0 Å². The number of ether oxygens (including phenoxy) is 1. The summed E-state index contributed by atoms with van der Waals surface area (Å²) in [6.07, 6.45) is 0. The van der Waals surface area contributed by atoms with Gasteiger partial charge in [0.15, 0.2) is 5.75 Å². The summed E-state index contributed by atoms with van der Waals surface area (Å²) in [5.74, 6) is 0.661. The Kier molecular flexibility index (Phi) is 2.09. The number of anilines is 1. The minimum atomic E-state index is 0.661. The number of nitrogen functional groups attached to an aromatic ring is 1. The van der Waals surface area contributed by atoms with Crippen molar-refractivity contribution in [1.82, 2.24) is 0 Å². The Morgan fingerprint density at radius 2 is 2.31 bits per heavy atom. The molecule has 0 radical (unpaired) electrons. The molecule has 0 aliphatic rings. The summed E-state index contributed by atoms with van der Waals surface area (Å²) in [4.78, 5) is 0.787. The molecule has 0 bridgehead atoms. The van der Waals surface area contributed by atoms with Crippen LogP contribution in [0.25, 0.3) is 10.1 Å². The van der Waals surface area contributed by atoms with Crippen LogP contribution in [0.4, 0.5) is 5.69 Å². The maximum absolute atomic E-state index is 5.91. The zero-order valence-corrected chi connectivity index (χ0v) is 8.78. The number of thiol groups is 1. The minimum absolute atomic E-state index is 0.661. The van der Waals surface area contributed by atoms with Crippen molar-refractivity contribution in [2.75, 3.05) is 12.8 Å². The monoisotopic (exact) mass is 211 g/mol. The number of thiophene rings is 1. The average molecular weight is 211 g/mol. The maximum atomic E-state index is 5.91. The van der Waals surface area contributed by atoms with Gasteiger partial charge in [0, 0.05) is 15.0 Å². The molecule has 0 amide bonds. The van der Waals surface area contributed by atoms with Crippen LogP contribution in [0.3, 0.4) is 0 Å². The summed E-state index contributed by atoms with van der Waals surface area (Å²) < 4.78 is 6.30. The van der Waals surface area contributed by atoms with Crippen molar-refractivity contribution in [3.8, 4) is 5.75 Å². The lowest BCUT2D eigenvalue weighted by atomic mass is 10.2. The minimum Gasteiger partial charge on any atom is -0.493 e. The topological polar surface area (TPSA) is 35.2 Å². The third-order valence-electron chi connectivity index (χ3n) is 1.93. The number of methoxy groups -OCH3 is 1. The van der Waals surface area contributed by atoms with Crippen molar-refractivity contribution in [2.45, 2.75) is 4.90 Å². The van der Waals surface area contributed by atoms with Crippen LogP contribution in [0.15, 0.2) is 22.4 Å². The summed E-state index contributed by atoms with van der Waals surface area (Å²) in [5.41, 5.74) is 6.58. The van der Waals surface area contributed by atoms with Crippen LogP contribution in [0, 0.1) is 0 Å². The van der Waals surface area contributed by atoms with Gasteiger partial charge in [0.2, 0.25) is 0 Å². The number of fused-ring (bicyclic) bond motifs is 1. The summed E-state index contributed by atoms with van der Waals surface area (Å²) in [6.45, 7) is 0. The second-order valence-corrected chi connectivity index (χ2v) is 4.10. The molecule has 2 N–H and O–H groups in total. The summed E-state index contributed by atoms with van der Waals surface area (Å²) in [6, 6.07) is 3.96. The van der Waals surface area contributed by atoms with Gasteiger partial charge < -0.3 is 10.5 Å². The number of rotatable bonds is 1. The van der Waals surface area contributed by atoms with E-state index in [1.807, 2.05) is 17.5 Å². The summed E-state index contributed by atoms with van der Waals surface area (Å²) in [7, 11) is 1.60. The molecule has 2 rings (SSSR count). The first-order chi connectivity index (χ1) is 6.24. The molecule has 0 unspecified atom stereocenters. The molecule has 1 aromatic carbocycles. The molecule has 0 aliphatic carbocycles. The Morgan fingerprint density at radius 3 is 3.00 bits per heavy atom. The Morgan fingerprint density at radius 1 is 1.54 bits per heavy atom. The van der Waals surface area contributed by atoms with Crippen LogP contribution in [0.5, 0.6) is 5.75 Å². The van der Waals surface area contributed by atoms with Gasteiger partial charge in [-0.25, -0.2) is 0 Å². The second kappa shape index (κ2) is 3.12. The van der Waals surface area contributed by atoms with E-state index in [0.717, 1.165) is 15.0 Å². The molecule has 1 heterocycles. The maximum Gasteiger partial charge on any atom is 0.155 e. The molecule has 0 spiro atoms. The molecule has 0 aliphatic heterocycles. The average Bonchev–Trinajstić information content (AvgIpc) is 2.53. The van der Waals surface area contributed by atoms with E-state index < -0.39 is 0 Å². The van der Waals surface area contributed by atoms with Gasteiger partial charge in [-0.3, -0.25) is 0 Å². The van der Waals surface area contributed by atoms with E-state index in [1.54, 1.807) is 18.4 Å². The summed E-state index contributed by atoms with van der Waals surface area (Å²) in [5, 5.41) is 3.05. The second-order valence-electron chi connectivity index (χ2n) is 2.68. The standard InChI is InChI=1S/C9H9NOS2/c1-11-9-6(12)4-7-5(8(9)10)2-3-13-7/h2-4,12H,10H2,1H3. The van der Waals surface area contributed by atoms with E-state index in [0.29, 0.717) is 11.4 Å². The number of nitrogens with two attached hydrogens (primary N) is 1. The highest BCUT2D eigenvalue weighted by molar-refractivity contribution is 7.80. The molecular formula is C9H9NOS2. The Hall–Kier alpha value is -0.870. The Bertz CT molecular complexity index is 450. The first kappa shape index (κ1) is 8.72.